The first-order valence-electron chi connectivity index (χ1n) is 5.87. The quantitative estimate of drug-likeness (QED) is 0.801. The molecule has 1 aromatic carbocycles. The largest absolute Gasteiger partial charge is 0.508 e. The first kappa shape index (κ1) is 11.4. The van der Waals surface area contributed by atoms with E-state index in [1.165, 1.54) is 5.56 Å². The van der Waals surface area contributed by atoms with Gasteiger partial charge in [0, 0.05) is 25.2 Å². The van der Waals surface area contributed by atoms with Crippen LogP contribution < -0.4 is 5.32 Å². The number of hydrogen-bond donors (Lipinski definition) is 2. The third-order valence-electron chi connectivity index (χ3n) is 3.50. The molecule has 1 atom stereocenters. The van der Waals surface area contributed by atoms with Crippen molar-refractivity contribution >= 4 is 0 Å². The molecule has 1 aromatic rings. The van der Waals surface area contributed by atoms with Crippen LogP contribution in [0.1, 0.15) is 12.5 Å². The number of aromatic hydroxyl groups is 1. The zero-order chi connectivity index (χ0) is 11.5. The molecule has 16 heavy (non-hydrogen) atoms. The second-order valence-corrected chi connectivity index (χ2v) is 4.70. The van der Waals surface area contributed by atoms with E-state index >= 15 is 0 Å². The molecule has 0 saturated carbocycles. The number of phenolic OH excluding ortho intramolecular Hbond substituents is 1. The van der Waals surface area contributed by atoms with E-state index in [0.29, 0.717) is 17.8 Å². The molecule has 0 aliphatic carbocycles. The number of benzene rings is 1. The van der Waals surface area contributed by atoms with E-state index in [1.54, 1.807) is 12.1 Å². The maximum absolute atomic E-state index is 9.22. The van der Waals surface area contributed by atoms with Crippen LogP contribution in [-0.4, -0.2) is 42.2 Å². The lowest BCUT2D eigenvalue weighted by Gasteiger charge is -2.39. The summed E-state index contributed by atoms with van der Waals surface area (Å²) < 4.78 is 0. The van der Waals surface area contributed by atoms with Crippen molar-refractivity contribution < 1.29 is 5.11 Å². The number of hydrogen-bond acceptors (Lipinski definition) is 3. The van der Waals surface area contributed by atoms with Crippen LogP contribution in [-0.2, 0) is 6.42 Å². The van der Waals surface area contributed by atoms with Gasteiger partial charge in [-0.25, -0.2) is 0 Å². The Morgan fingerprint density at radius 2 is 2.00 bits per heavy atom. The molecular formula is C13H20N2O. The van der Waals surface area contributed by atoms with E-state index in [4.69, 9.17) is 0 Å². The summed E-state index contributed by atoms with van der Waals surface area (Å²) in [6.07, 6.45) is 1.03. The van der Waals surface area contributed by atoms with Crippen LogP contribution in [0.25, 0.3) is 0 Å². The fourth-order valence-corrected chi connectivity index (χ4v) is 2.04. The molecule has 0 radical (unpaired) electrons. The van der Waals surface area contributed by atoms with Gasteiger partial charge < -0.3 is 10.4 Å². The predicted molar refractivity (Wildman–Crippen MR) is 65.7 cm³/mol. The number of nitrogens with one attached hydrogen (secondary N) is 1. The van der Waals surface area contributed by atoms with Gasteiger partial charge in [0.1, 0.15) is 5.75 Å². The molecule has 1 aliphatic heterocycles. The molecule has 1 heterocycles. The van der Waals surface area contributed by atoms with E-state index < -0.39 is 0 Å². The summed E-state index contributed by atoms with van der Waals surface area (Å²) in [7, 11) is 2.19. The molecular weight excluding hydrogens is 200 g/mol. The minimum Gasteiger partial charge on any atom is -0.508 e. The molecule has 0 amide bonds. The fraction of sp³-hybridized carbons (Fsp3) is 0.538. The monoisotopic (exact) mass is 220 g/mol. The van der Waals surface area contributed by atoms with Crippen molar-refractivity contribution in [3.05, 3.63) is 29.8 Å². The van der Waals surface area contributed by atoms with Crippen molar-refractivity contribution in [2.75, 3.05) is 20.1 Å². The molecule has 1 unspecified atom stereocenters. The minimum atomic E-state index is 0.341. The molecule has 1 saturated heterocycles. The average molecular weight is 220 g/mol. The Bertz CT molecular complexity index is 332. The summed E-state index contributed by atoms with van der Waals surface area (Å²) in [5.74, 6) is 0.341. The molecule has 0 bridgehead atoms. The highest BCUT2D eigenvalue weighted by Crippen LogP contribution is 2.15. The third kappa shape index (κ3) is 2.54. The van der Waals surface area contributed by atoms with Crippen LogP contribution in [0.15, 0.2) is 24.3 Å². The summed E-state index contributed by atoms with van der Waals surface area (Å²) in [5.41, 5.74) is 1.28. The van der Waals surface area contributed by atoms with Gasteiger partial charge in [0.25, 0.3) is 0 Å². The van der Waals surface area contributed by atoms with Crippen LogP contribution in [0.3, 0.4) is 0 Å². The molecule has 3 heteroatoms. The standard InChI is InChI=1S/C13H20N2O/c1-10(15(2)12-8-14-9-12)7-11-3-5-13(16)6-4-11/h3-6,10,12,14,16H,7-9H2,1-2H3. The molecule has 1 aliphatic rings. The van der Waals surface area contributed by atoms with Gasteiger partial charge in [0.15, 0.2) is 0 Å². The Morgan fingerprint density at radius 1 is 1.38 bits per heavy atom. The van der Waals surface area contributed by atoms with Gasteiger partial charge >= 0.3 is 0 Å². The molecule has 2 rings (SSSR count). The van der Waals surface area contributed by atoms with Crippen molar-refractivity contribution in [1.82, 2.24) is 10.2 Å². The number of nitrogens with zero attached hydrogens (tertiary/aromatic N) is 1. The Labute approximate surface area is 97.1 Å². The Balaban J connectivity index is 1.90. The Hall–Kier alpha value is -1.06. The van der Waals surface area contributed by atoms with Crippen molar-refractivity contribution in [2.45, 2.75) is 25.4 Å². The summed E-state index contributed by atoms with van der Waals surface area (Å²) in [4.78, 5) is 2.43. The van der Waals surface area contributed by atoms with Gasteiger partial charge in [-0.15, -0.1) is 0 Å². The van der Waals surface area contributed by atoms with E-state index in [-0.39, 0.29) is 0 Å². The van der Waals surface area contributed by atoms with Gasteiger partial charge in [-0.1, -0.05) is 12.1 Å². The van der Waals surface area contributed by atoms with Crippen LogP contribution in [0.4, 0.5) is 0 Å². The van der Waals surface area contributed by atoms with Crippen molar-refractivity contribution in [1.29, 1.82) is 0 Å². The first-order valence-corrected chi connectivity index (χ1v) is 5.87. The van der Waals surface area contributed by atoms with Crippen molar-refractivity contribution in [2.24, 2.45) is 0 Å². The third-order valence-corrected chi connectivity index (χ3v) is 3.50. The summed E-state index contributed by atoms with van der Waals surface area (Å²) in [6.45, 7) is 4.47. The van der Waals surface area contributed by atoms with Crippen LogP contribution >= 0.6 is 0 Å². The first-order chi connectivity index (χ1) is 7.66. The maximum Gasteiger partial charge on any atom is 0.115 e. The lowest BCUT2D eigenvalue weighted by atomic mass is 10.0. The molecule has 88 valence electrons. The zero-order valence-corrected chi connectivity index (χ0v) is 9.98. The van der Waals surface area contributed by atoms with Gasteiger partial charge in [-0.05, 0) is 38.1 Å². The van der Waals surface area contributed by atoms with Crippen LogP contribution in [0, 0.1) is 0 Å². The minimum absolute atomic E-state index is 0.341. The summed E-state index contributed by atoms with van der Waals surface area (Å²) in [5, 5.41) is 12.5. The van der Waals surface area contributed by atoms with Gasteiger partial charge in [0.2, 0.25) is 0 Å². The molecule has 2 N–H and O–H groups in total. The second-order valence-electron chi connectivity index (χ2n) is 4.70. The second kappa shape index (κ2) is 4.85. The molecule has 3 nitrogen and oxygen atoms in total. The number of rotatable bonds is 4. The summed E-state index contributed by atoms with van der Waals surface area (Å²) >= 11 is 0. The lowest BCUT2D eigenvalue weighted by molar-refractivity contribution is 0.135. The maximum atomic E-state index is 9.22. The molecule has 1 fully saturated rings. The van der Waals surface area contributed by atoms with E-state index in [1.807, 2.05) is 12.1 Å². The van der Waals surface area contributed by atoms with Crippen LogP contribution in [0.2, 0.25) is 0 Å². The Kier molecular flexibility index (Phi) is 3.46. The van der Waals surface area contributed by atoms with E-state index in [2.05, 4.69) is 24.2 Å². The molecule has 0 aromatic heterocycles. The van der Waals surface area contributed by atoms with Gasteiger partial charge in [-0.2, -0.15) is 0 Å². The highest BCUT2D eigenvalue weighted by atomic mass is 16.3. The smallest absolute Gasteiger partial charge is 0.115 e. The van der Waals surface area contributed by atoms with E-state index in [0.717, 1.165) is 19.5 Å². The number of likely N-dealkylation sites (N-methyl/N-ethyl adjacent to an activating group) is 1. The van der Waals surface area contributed by atoms with Crippen molar-refractivity contribution in [3.63, 3.8) is 0 Å². The lowest BCUT2D eigenvalue weighted by Crippen LogP contribution is -2.58. The summed E-state index contributed by atoms with van der Waals surface area (Å²) in [6, 6.07) is 8.74. The number of phenols is 1. The zero-order valence-electron chi connectivity index (χ0n) is 9.98. The highest BCUT2D eigenvalue weighted by molar-refractivity contribution is 5.26. The van der Waals surface area contributed by atoms with Crippen molar-refractivity contribution in [3.8, 4) is 5.75 Å². The fourth-order valence-electron chi connectivity index (χ4n) is 2.04. The van der Waals surface area contributed by atoms with Gasteiger partial charge in [-0.3, -0.25) is 4.90 Å². The van der Waals surface area contributed by atoms with Gasteiger partial charge in [0.05, 0.1) is 0 Å². The highest BCUT2D eigenvalue weighted by Gasteiger charge is 2.24. The SMILES string of the molecule is CC(Cc1ccc(O)cc1)N(C)C1CNC1. The Morgan fingerprint density at radius 3 is 2.50 bits per heavy atom. The van der Waals surface area contributed by atoms with Crippen LogP contribution in [0.5, 0.6) is 5.75 Å². The normalized spacial score (nSPS) is 18.4. The topological polar surface area (TPSA) is 35.5 Å². The average Bonchev–Trinajstić information content (AvgIpc) is 2.19. The predicted octanol–water partition coefficient (Wildman–Crippen LogP) is 1.23. The van der Waals surface area contributed by atoms with E-state index in [9.17, 15) is 5.11 Å². The molecule has 0 spiro atoms.